The van der Waals surface area contributed by atoms with Crippen molar-refractivity contribution in [2.75, 3.05) is 25.0 Å². The summed E-state index contributed by atoms with van der Waals surface area (Å²) in [5.74, 6) is -1.46. The Morgan fingerprint density at radius 2 is 1.92 bits per heavy atom. The van der Waals surface area contributed by atoms with Gasteiger partial charge in [-0.2, -0.15) is 13.2 Å². The van der Waals surface area contributed by atoms with Crippen LogP contribution in [-0.4, -0.2) is 58.8 Å². The molecule has 2 fully saturated rings. The highest BCUT2D eigenvalue weighted by molar-refractivity contribution is 5.95. The number of aromatic nitrogens is 1. The number of nitrogens with one attached hydrogen (secondary N) is 1. The Bertz CT molecular complexity index is 1490. The second-order valence-corrected chi connectivity index (χ2v) is 9.90. The molecule has 11 heteroatoms. The van der Waals surface area contributed by atoms with E-state index in [-0.39, 0.29) is 23.2 Å². The molecule has 200 valence electrons. The van der Waals surface area contributed by atoms with Gasteiger partial charge in [0.1, 0.15) is 11.6 Å². The van der Waals surface area contributed by atoms with Gasteiger partial charge in [0.2, 0.25) is 0 Å². The van der Waals surface area contributed by atoms with Crippen LogP contribution in [0.3, 0.4) is 0 Å². The molecule has 3 aromatic rings. The molecule has 2 N–H and O–H groups in total. The Morgan fingerprint density at radius 3 is 2.58 bits per heavy atom. The summed E-state index contributed by atoms with van der Waals surface area (Å²) >= 11 is 0. The molecule has 1 amide bonds. The Balaban J connectivity index is 1.46. The number of alkyl halides is 3. The summed E-state index contributed by atoms with van der Waals surface area (Å²) in [5.41, 5.74) is -2.37. The lowest BCUT2D eigenvalue weighted by molar-refractivity contribution is -0.154. The maximum atomic E-state index is 13.5. The number of aliphatic carboxylic acids is 1. The van der Waals surface area contributed by atoms with Crippen molar-refractivity contribution in [3.8, 4) is 11.3 Å². The second kappa shape index (κ2) is 9.16. The fraction of sp³-hybridized carbons (Fsp3) is 0.370. The van der Waals surface area contributed by atoms with E-state index in [1.54, 1.807) is 31.0 Å². The first-order chi connectivity index (χ1) is 17.9. The van der Waals surface area contributed by atoms with Crippen LogP contribution in [0.2, 0.25) is 0 Å². The molecule has 5 rings (SSSR count). The molecule has 0 bridgehead atoms. The molecule has 0 saturated carbocycles. The maximum absolute atomic E-state index is 13.5. The van der Waals surface area contributed by atoms with Crippen LogP contribution in [0.15, 0.2) is 53.3 Å². The number of amides is 1. The predicted molar refractivity (Wildman–Crippen MR) is 134 cm³/mol. The Hall–Kier alpha value is -3.86. The number of aromatic amines is 1. The number of likely N-dealkylation sites (N-methyl/N-ethyl adjacent to an activating group) is 1. The number of likely N-dealkylation sites (tertiary alicyclic amines) is 1. The van der Waals surface area contributed by atoms with Crippen LogP contribution in [0, 0.1) is 5.92 Å². The van der Waals surface area contributed by atoms with Crippen molar-refractivity contribution in [3.05, 3.63) is 64.4 Å². The summed E-state index contributed by atoms with van der Waals surface area (Å²) in [5, 5.41) is 10.6. The van der Waals surface area contributed by atoms with Crippen LogP contribution in [0.5, 0.6) is 0 Å². The van der Waals surface area contributed by atoms with Crippen molar-refractivity contribution >= 4 is 28.5 Å². The van der Waals surface area contributed by atoms with E-state index in [0.29, 0.717) is 24.0 Å². The minimum Gasteiger partial charge on any atom is -0.480 e. The van der Waals surface area contributed by atoms with E-state index in [4.69, 9.17) is 4.74 Å². The summed E-state index contributed by atoms with van der Waals surface area (Å²) in [4.78, 5) is 43.7. The highest BCUT2D eigenvalue weighted by atomic mass is 19.4. The SMILES string of the molecule is CC([C@H]1CN(c2ccc3cc(-c4ccccc4C(F)(F)F)[nH]c(=O)c3c2)C(=O)O1)[C@]1(C(=O)O)CCCN1C. The molecule has 1 unspecified atom stereocenters. The summed E-state index contributed by atoms with van der Waals surface area (Å²) < 4.78 is 46.1. The number of carboxylic acid groups (broad SMARTS) is 1. The van der Waals surface area contributed by atoms with E-state index in [1.165, 1.54) is 35.2 Å². The van der Waals surface area contributed by atoms with Crippen LogP contribution in [-0.2, 0) is 15.7 Å². The highest BCUT2D eigenvalue weighted by Crippen LogP contribution is 2.40. The number of hydrogen-bond acceptors (Lipinski definition) is 5. The molecule has 3 atom stereocenters. The topological polar surface area (TPSA) is 103 Å². The zero-order valence-electron chi connectivity index (χ0n) is 20.7. The summed E-state index contributed by atoms with van der Waals surface area (Å²) in [6, 6.07) is 11.1. The Labute approximate surface area is 215 Å². The van der Waals surface area contributed by atoms with E-state index >= 15 is 0 Å². The van der Waals surface area contributed by atoms with Crippen molar-refractivity contribution in [2.45, 2.75) is 37.6 Å². The number of ether oxygens (including phenoxy) is 1. The van der Waals surface area contributed by atoms with Crippen LogP contribution < -0.4 is 10.5 Å². The lowest BCUT2D eigenvalue weighted by Gasteiger charge is -2.39. The van der Waals surface area contributed by atoms with E-state index in [1.807, 2.05) is 0 Å². The largest absolute Gasteiger partial charge is 0.480 e. The molecule has 38 heavy (non-hydrogen) atoms. The third kappa shape index (κ3) is 4.10. The zero-order chi connectivity index (χ0) is 27.4. The van der Waals surface area contributed by atoms with Gasteiger partial charge >= 0.3 is 18.2 Å². The van der Waals surface area contributed by atoms with Gasteiger partial charge in [-0.15, -0.1) is 0 Å². The fourth-order valence-electron chi connectivity index (χ4n) is 5.81. The number of hydrogen-bond donors (Lipinski definition) is 2. The van der Waals surface area contributed by atoms with Crippen molar-refractivity contribution < 1.29 is 32.6 Å². The molecule has 1 aromatic heterocycles. The number of carboxylic acids is 1. The summed E-state index contributed by atoms with van der Waals surface area (Å²) in [6.45, 7) is 2.50. The van der Waals surface area contributed by atoms with Gasteiger partial charge in [0.25, 0.3) is 5.56 Å². The first-order valence-electron chi connectivity index (χ1n) is 12.2. The van der Waals surface area contributed by atoms with Gasteiger partial charge in [0, 0.05) is 28.2 Å². The first kappa shape index (κ1) is 25.8. The van der Waals surface area contributed by atoms with Crippen molar-refractivity contribution in [3.63, 3.8) is 0 Å². The average Bonchev–Trinajstić information content (AvgIpc) is 3.46. The normalized spacial score (nSPS) is 23.1. The van der Waals surface area contributed by atoms with Crippen LogP contribution in [0.1, 0.15) is 25.3 Å². The lowest BCUT2D eigenvalue weighted by atomic mass is 9.79. The molecule has 0 radical (unpaired) electrons. The van der Waals surface area contributed by atoms with Gasteiger partial charge < -0.3 is 14.8 Å². The number of pyridine rings is 1. The van der Waals surface area contributed by atoms with Crippen LogP contribution >= 0.6 is 0 Å². The van der Waals surface area contributed by atoms with E-state index in [0.717, 1.165) is 12.5 Å². The molecule has 2 aliphatic heterocycles. The molecule has 0 aliphatic carbocycles. The van der Waals surface area contributed by atoms with Gasteiger partial charge in [-0.25, -0.2) is 4.79 Å². The van der Waals surface area contributed by atoms with Gasteiger partial charge in [-0.1, -0.05) is 31.2 Å². The summed E-state index contributed by atoms with van der Waals surface area (Å²) in [6.07, 6.45) is -4.77. The number of carbonyl (C=O) groups excluding carboxylic acids is 1. The molecule has 2 saturated heterocycles. The quantitative estimate of drug-likeness (QED) is 0.496. The van der Waals surface area contributed by atoms with E-state index in [2.05, 4.69) is 4.98 Å². The molecule has 2 aromatic carbocycles. The van der Waals surface area contributed by atoms with Crippen molar-refractivity contribution in [2.24, 2.45) is 5.92 Å². The van der Waals surface area contributed by atoms with E-state index < -0.39 is 46.9 Å². The number of carbonyl (C=O) groups is 2. The molecule has 3 heterocycles. The smallest absolute Gasteiger partial charge is 0.417 e. The molecule has 8 nitrogen and oxygen atoms in total. The number of rotatable bonds is 5. The number of halogens is 3. The standard InChI is InChI=1S/C27H26F3N3O5/c1-15(26(24(35)36)10-5-11-32(26)2)22-14-33(25(37)38-22)17-9-8-16-12-21(31-23(34)19(16)13-17)18-6-3-4-7-20(18)27(28,29)30/h3-4,6-9,12-13,15,22H,5,10-11,14H2,1-2H3,(H,31,34)(H,35,36)/t15?,22-,26+/m1/s1. The van der Waals surface area contributed by atoms with Crippen molar-refractivity contribution in [1.82, 2.24) is 9.88 Å². The molecule has 2 aliphatic rings. The number of nitrogens with zero attached hydrogens (tertiary/aromatic N) is 2. The number of cyclic esters (lactones) is 1. The monoisotopic (exact) mass is 529 g/mol. The van der Waals surface area contributed by atoms with Crippen LogP contribution in [0.25, 0.3) is 22.0 Å². The highest BCUT2D eigenvalue weighted by Gasteiger charge is 2.55. The molecular formula is C27H26F3N3O5. The third-order valence-corrected chi connectivity index (χ3v) is 7.91. The fourth-order valence-corrected chi connectivity index (χ4v) is 5.81. The van der Waals surface area contributed by atoms with Gasteiger partial charge in [0.05, 0.1) is 12.1 Å². The second-order valence-electron chi connectivity index (χ2n) is 9.90. The summed E-state index contributed by atoms with van der Waals surface area (Å²) in [7, 11) is 1.75. The third-order valence-electron chi connectivity index (χ3n) is 7.91. The zero-order valence-corrected chi connectivity index (χ0v) is 20.7. The minimum atomic E-state index is -4.59. The van der Waals surface area contributed by atoms with Gasteiger partial charge in [0.15, 0.2) is 0 Å². The molecular weight excluding hydrogens is 503 g/mol. The van der Waals surface area contributed by atoms with Gasteiger partial charge in [-0.05, 0) is 56.1 Å². The minimum absolute atomic E-state index is 0.0253. The number of fused-ring (bicyclic) bond motifs is 1. The van der Waals surface area contributed by atoms with E-state index in [9.17, 15) is 32.7 Å². The number of H-pyrrole nitrogens is 1. The average molecular weight is 530 g/mol. The maximum Gasteiger partial charge on any atom is 0.417 e. The first-order valence-corrected chi connectivity index (χ1v) is 12.2. The Morgan fingerprint density at radius 1 is 1.18 bits per heavy atom. The number of anilines is 1. The van der Waals surface area contributed by atoms with Gasteiger partial charge in [-0.3, -0.25) is 19.4 Å². The predicted octanol–water partition coefficient (Wildman–Crippen LogP) is 4.72. The van der Waals surface area contributed by atoms with Crippen molar-refractivity contribution in [1.29, 1.82) is 0 Å². The van der Waals surface area contributed by atoms with Crippen LogP contribution in [0.4, 0.5) is 23.7 Å². The lowest BCUT2D eigenvalue weighted by Crippen LogP contribution is -2.57. The number of benzene rings is 2. The Kier molecular flexibility index (Phi) is 6.21. The molecule has 0 spiro atoms.